The van der Waals surface area contributed by atoms with Crippen LogP contribution < -0.4 is 0 Å². The Bertz CT molecular complexity index is 615. The van der Waals surface area contributed by atoms with Crippen molar-refractivity contribution in [2.24, 2.45) is 5.92 Å². The molecule has 1 aromatic heterocycles. The van der Waals surface area contributed by atoms with Gasteiger partial charge in [-0.2, -0.15) is 0 Å². The number of hydrogen-bond acceptors (Lipinski definition) is 5. The first kappa shape index (κ1) is 17.0. The fraction of sp³-hybridized carbons (Fsp3) is 0.611. The summed E-state index contributed by atoms with van der Waals surface area (Å²) in [6.07, 6.45) is 0. The number of rotatable bonds is 6. The molecule has 1 aliphatic heterocycles. The molecule has 0 amide bonds. The van der Waals surface area contributed by atoms with Gasteiger partial charge in [0.15, 0.2) is 5.82 Å². The predicted octanol–water partition coefficient (Wildman–Crippen LogP) is 2.06. The van der Waals surface area contributed by atoms with E-state index in [4.69, 9.17) is 0 Å². The minimum atomic E-state index is 0.266. The van der Waals surface area contributed by atoms with Crippen LogP contribution in [-0.2, 0) is 6.54 Å². The van der Waals surface area contributed by atoms with E-state index in [1.807, 2.05) is 10.7 Å². The van der Waals surface area contributed by atoms with Crippen molar-refractivity contribution in [3.8, 4) is 0 Å². The monoisotopic (exact) mass is 328 g/mol. The second-order valence-electron chi connectivity index (χ2n) is 6.84. The Morgan fingerprint density at radius 2 is 1.75 bits per heavy atom. The lowest BCUT2D eigenvalue weighted by molar-refractivity contribution is 0.0722. The quantitative estimate of drug-likeness (QED) is 0.812. The van der Waals surface area contributed by atoms with Crippen LogP contribution in [0.25, 0.3) is 0 Å². The Balaban J connectivity index is 1.79. The third-order valence-electron chi connectivity index (χ3n) is 4.88. The highest BCUT2D eigenvalue weighted by atomic mass is 15.6. The van der Waals surface area contributed by atoms with E-state index in [1.54, 1.807) is 0 Å². The highest BCUT2D eigenvalue weighted by Gasteiger charge is 2.31. The third-order valence-corrected chi connectivity index (χ3v) is 4.88. The predicted molar refractivity (Wildman–Crippen MR) is 94.6 cm³/mol. The van der Waals surface area contributed by atoms with E-state index in [0.29, 0.717) is 5.92 Å². The molecule has 1 saturated heterocycles. The molecule has 0 aliphatic carbocycles. The lowest BCUT2D eigenvalue weighted by atomic mass is 10.0. The van der Waals surface area contributed by atoms with E-state index in [9.17, 15) is 0 Å². The van der Waals surface area contributed by atoms with Crippen LogP contribution in [0.15, 0.2) is 30.3 Å². The zero-order chi connectivity index (χ0) is 16.9. The number of benzene rings is 1. The number of hydrogen-bond donors (Lipinski definition) is 0. The van der Waals surface area contributed by atoms with E-state index >= 15 is 0 Å². The first-order valence-corrected chi connectivity index (χ1v) is 8.95. The molecule has 130 valence electrons. The van der Waals surface area contributed by atoms with E-state index in [-0.39, 0.29) is 6.04 Å². The fourth-order valence-electron chi connectivity index (χ4n) is 3.53. The van der Waals surface area contributed by atoms with Gasteiger partial charge in [0.05, 0.1) is 12.6 Å². The molecule has 0 spiro atoms. The maximum absolute atomic E-state index is 4.39. The van der Waals surface area contributed by atoms with Crippen LogP contribution in [0.2, 0.25) is 0 Å². The normalized spacial score (nSPS) is 18.2. The molecule has 2 aromatic rings. The number of aromatic nitrogens is 4. The van der Waals surface area contributed by atoms with E-state index in [0.717, 1.165) is 45.1 Å². The van der Waals surface area contributed by atoms with Crippen molar-refractivity contribution < 1.29 is 0 Å². The van der Waals surface area contributed by atoms with Gasteiger partial charge in [0.2, 0.25) is 0 Å². The van der Waals surface area contributed by atoms with Gasteiger partial charge in [0.1, 0.15) is 0 Å². The molecule has 1 aromatic carbocycles. The van der Waals surface area contributed by atoms with Gasteiger partial charge in [0.25, 0.3) is 0 Å². The molecule has 3 rings (SSSR count). The molecule has 6 heteroatoms. The number of tetrazole rings is 1. The van der Waals surface area contributed by atoms with Crippen LogP contribution >= 0.6 is 0 Å². The smallest absolute Gasteiger partial charge is 0.169 e. The summed E-state index contributed by atoms with van der Waals surface area (Å²) in [5.41, 5.74) is 1.23. The van der Waals surface area contributed by atoms with Crippen molar-refractivity contribution in [1.82, 2.24) is 30.0 Å². The first-order valence-electron chi connectivity index (χ1n) is 8.95. The van der Waals surface area contributed by atoms with Crippen molar-refractivity contribution in [3.63, 3.8) is 0 Å². The number of nitrogens with zero attached hydrogens (tertiary/aromatic N) is 6. The summed E-state index contributed by atoms with van der Waals surface area (Å²) < 4.78 is 1.96. The van der Waals surface area contributed by atoms with Crippen LogP contribution in [0, 0.1) is 5.92 Å². The molecule has 0 unspecified atom stereocenters. The summed E-state index contributed by atoms with van der Waals surface area (Å²) in [7, 11) is 0. The molecule has 24 heavy (non-hydrogen) atoms. The van der Waals surface area contributed by atoms with Gasteiger partial charge in [-0.3, -0.25) is 4.90 Å². The summed E-state index contributed by atoms with van der Waals surface area (Å²) in [4.78, 5) is 5.05. The van der Waals surface area contributed by atoms with Gasteiger partial charge in [-0.15, -0.1) is 5.10 Å². The van der Waals surface area contributed by atoms with E-state index in [1.165, 1.54) is 5.56 Å². The second kappa shape index (κ2) is 7.85. The minimum absolute atomic E-state index is 0.266. The SMILES string of the molecule is CCN1CCN([C@@H](c2nnnn2Cc2ccccc2)C(C)C)CC1. The average Bonchev–Trinajstić information content (AvgIpc) is 3.04. The molecule has 0 N–H and O–H groups in total. The summed E-state index contributed by atoms with van der Waals surface area (Å²) in [6, 6.07) is 10.7. The molecular weight excluding hydrogens is 300 g/mol. The molecule has 0 radical (unpaired) electrons. The van der Waals surface area contributed by atoms with Crippen LogP contribution in [0.5, 0.6) is 0 Å². The van der Waals surface area contributed by atoms with Gasteiger partial charge in [-0.1, -0.05) is 51.1 Å². The Kier molecular flexibility index (Phi) is 5.58. The van der Waals surface area contributed by atoms with Crippen molar-refractivity contribution in [3.05, 3.63) is 41.7 Å². The summed E-state index contributed by atoms with van der Waals surface area (Å²) in [5, 5.41) is 12.6. The van der Waals surface area contributed by atoms with E-state index < -0.39 is 0 Å². The average molecular weight is 328 g/mol. The minimum Gasteiger partial charge on any atom is -0.301 e. The number of piperazine rings is 1. The van der Waals surface area contributed by atoms with Crippen LogP contribution in [0.3, 0.4) is 0 Å². The van der Waals surface area contributed by atoms with Crippen molar-refractivity contribution in [2.75, 3.05) is 32.7 Å². The standard InChI is InChI=1S/C18H28N6/c1-4-22-10-12-23(13-11-22)17(15(2)3)18-19-20-21-24(18)14-16-8-6-5-7-9-16/h5-9,15,17H,4,10-14H2,1-3H3/t17-/m1/s1. The molecular formula is C18H28N6. The lowest BCUT2D eigenvalue weighted by Gasteiger charge is -2.39. The Hall–Kier alpha value is -1.79. The van der Waals surface area contributed by atoms with Crippen LogP contribution in [0.4, 0.5) is 0 Å². The van der Waals surface area contributed by atoms with Gasteiger partial charge >= 0.3 is 0 Å². The topological polar surface area (TPSA) is 50.1 Å². The zero-order valence-corrected chi connectivity index (χ0v) is 15.0. The fourth-order valence-corrected chi connectivity index (χ4v) is 3.53. The Labute approximate surface area is 144 Å². The molecule has 0 bridgehead atoms. The highest BCUT2D eigenvalue weighted by molar-refractivity contribution is 5.15. The molecule has 1 aliphatic rings. The number of likely N-dealkylation sites (N-methyl/N-ethyl adjacent to an activating group) is 1. The van der Waals surface area contributed by atoms with Gasteiger partial charge in [-0.25, -0.2) is 4.68 Å². The van der Waals surface area contributed by atoms with Crippen molar-refractivity contribution in [1.29, 1.82) is 0 Å². The first-order chi connectivity index (χ1) is 11.7. The summed E-state index contributed by atoms with van der Waals surface area (Å²) in [5.74, 6) is 1.46. The molecule has 0 saturated carbocycles. The van der Waals surface area contributed by atoms with Crippen molar-refractivity contribution in [2.45, 2.75) is 33.4 Å². The van der Waals surface area contributed by atoms with Gasteiger partial charge in [0, 0.05) is 26.2 Å². The molecule has 2 heterocycles. The van der Waals surface area contributed by atoms with Gasteiger partial charge in [-0.05, 0) is 28.5 Å². The maximum Gasteiger partial charge on any atom is 0.169 e. The molecule has 6 nitrogen and oxygen atoms in total. The summed E-state index contributed by atoms with van der Waals surface area (Å²) >= 11 is 0. The van der Waals surface area contributed by atoms with Crippen LogP contribution in [-0.4, -0.2) is 62.7 Å². The third kappa shape index (κ3) is 3.82. The summed E-state index contributed by atoms with van der Waals surface area (Å²) in [6.45, 7) is 13.0. The Morgan fingerprint density at radius 3 is 2.38 bits per heavy atom. The van der Waals surface area contributed by atoms with Crippen LogP contribution in [0.1, 0.15) is 38.2 Å². The zero-order valence-electron chi connectivity index (χ0n) is 15.0. The molecule has 1 atom stereocenters. The Morgan fingerprint density at radius 1 is 1.04 bits per heavy atom. The van der Waals surface area contributed by atoms with Crippen molar-refractivity contribution >= 4 is 0 Å². The second-order valence-corrected chi connectivity index (χ2v) is 6.84. The largest absolute Gasteiger partial charge is 0.301 e. The van der Waals surface area contributed by atoms with E-state index in [2.05, 4.69) is 70.4 Å². The molecule has 1 fully saturated rings. The lowest BCUT2D eigenvalue weighted by Crippen LogP contribution is -2.48. The maximum atomic E-state index is 4.39. The van der Waals surface area contributed by atoms with Gasteiger partial charge < -0.3 is 4.90 Å². The highest BCUT2D eigenvalue weighted by Crippen LogP contribution is 2.28.